The highest BCUT2D eigenvalue weighted by atomic mass is 35.5. The number of carbonyl (C=O) groups is 1. The Kier molecular flexibility index (Phi) is 5.61. The monoisotopic (exact) mass is 421 g/mol. The van der Waals surface area contributed by atoms with E-state index < -0.39 is 10.0 Å². The van der Waals surface area contributed by atoms with Gasteiger partial charge in [-0.25, -0.2) is 17.7 Å². The lowest BCUT2D eigenvalue weighted by atomic mass is 10.2. The summed E-state index contributed by atoms with van der Waals surface area (Å²) in [6.07, 6.45) is 0. The highest BCUT2D eigenvalue weighted by Crippen LogP contribution is 2.25. The van der Waals surface area contributed by atoms with E-state index in [9.17, 15) is 13.2 Å². The fraction of sp³-hybridized carbons (Fsp3) is 0.111. The van der Waals surface area contributed by atoms with Crippen molar-refractivity contribution in [1.82, 2.24) is 9.29 Å². The largest absolute Gasteiger partial charge is 0.321 e. The second-order valence-corrected chi connectivity index (χ2v) is 9.26. The van der Waals surface area contributed by atoms with Gasteiger partial charge in [0.25, 0.3) is 5.91 Å². The minimum absolute atomic E-state index is 0.157. The van der Waals surface area contributed by atoms with Crippen LogP contribution in [0.3, 0.4) is 0 Å². The number of benzene rings is 2. The Hall–Kier alpha value is -2.26. The van der Waals surface area contributed by atoms with E-state index in [-0.39, 0.29) is 16.5 Å². The Morgan fingerprint density at radius 1 is 1.07 bits per heavy atom. The predicted molar refractivity (Wildman–Crippen MR) is 108 cm³/mol. The third-order valence-corrected chi connectivity index (χ3v) is 6.69. The first-order valence-electron chi connectivity index (χ1n) is 7.83. The summed E-state index contributed by atoms with van der Waals surface area (Å²) in [5, 5.41) is 5.73. The highest BCUT2D eigenvalue weighted by molar-refractivity contribution is 7.89. The molecular weight excluding hydrogens is 406 g/mol. The van der Waals surface area contributed by atoms with Gasteiger partial charge in [-0.3, -0.25) is 4.79 Å². The van der Waals surface area contributed by atoms with Gasteiger partial charge in [-0.15, -0.1) is 11.3 Å². The molecule has 0 spiro atoms. The Morgan fingerprint density at radius 3 is 2.30 bits per heavy atom. The Balaban J connectivity index is 1.73. The van der Waals surface area contributed by atoms with Gasteiger partial charge in [-0.05, 0) is 36.4 Å². The van der Waals surface area contributed by atoms with Crippen molar-refractivity contribution in [2.24, 2.45) is 0 Å². The molecule has 6 nitrogen and oxygen atoms in total. The molecule has 140 valence electrons. The van der Waals surface area contributed by atoms with Crippen LogP contribution in [0.4, 0.5) is 5.69 Å². The highest BCUT2D eigenvalue weighted by Gasteiger charge is 2.17. The first kappa shape index (κ1) is 19.5. The van der Waals surface area contributed by atoms with Crippen LogP contribution in [0.15, 0.2) is 58.8 Å². The van der Waals surface area contributed by atoms with E-state index in [2.05, 4.69) is 10.3 Å². The average molecular weight is 422 g/mol. The molecular formula is C18H16ClN3O3S2. The maximum atomic E-state index is 12.4. The number of sulfonamides is 1. The molecule has 0 saturated heterocycles. The smallest absolute Gasteiger partial charge is 0.275 e. The lowest BCUT2D eigenvalue weighted by molar-refractivity contribution is 0.102. The third-order valence-electron chi connectivity index (χ3n) is 3.72. The van der Waals surface area contributed by atoms with Crippen molar-refractivity contribution in [2.75, 3.05) is 19.4 Å². The average Bonchev–Trinajstić information content (AvgIpc) is 3.13. The van der Waals surface area contributed by atoms with Crippen LogP contribution in [-0.2, 0) is 10.0 Å². The van der Waals surface area contributed by atoms with Gasteiger partial charge >= 0.3 is 0 Å². The van der Waals surface area contributed by atoms with Crippen LogP contribution in [0.25, 0.3) is 10.6 Å². The summed E-state index contributed by atoms with van der Waals surface area (Å²) >= 11 is 7.24. The molecule has 0 atom stereocenters. The van der Waals surface area contributed by atoms with Crippen molar-refractivity contribution in [3.63, 3.8) is 0 Å². The van der Waals surface area contributed by atoms with Crippen LogP contribution in [0, 0.1) is 0 Å². The summed E-state index contributed by atoms with van der Waals surface area (Å²) in [6, 6.07) is 13.2. The molecule has 0 radical (unpaired) electrons. The summed E-state index contributed by atoms with van der Waals surface area (Å²) in [5.74, 6) is -0.366. The summed E-state index contributed by atoms with van der Waals surface area (Å²) in [6.45, 7) is 0. The van der Waals surface area contributed by atoms with Crippen molar-refractivity contribution in [3.05, 3.63) is 64.6 Å². The van der Waals surface area contributed by atoms with Crippen LogP contribution >= 0.6 is 22.9 Å². The maximum absolute atomic E-state index is 12.4. The minimum atomic E-state index is -3.50. The van der Waals surface area contributed by atoms with E-state index in [4.69, 9.17) is 11.6 Å². The second kappa shape index (κ2) is 7.77. The van der Waals surface area contributed by atoms with Gasteiger partial charge in [0, 0.05) is 35.7 Å². The number of anilines is 1. The number of halogens is 1. The van der Waals surface area contributed by atoms with Crippen molar-refractivity contribution in [2.45, 2.75) is 4.90 Å². The molecule has 27 heavy (non-hydrogen) atoms. The van der Waals surface area contributed by atoms with Crippen molar-refractivity contribution in [1.29, 1.82) is 0 Å². The van der Waals surface area contributed by atoms with Gasteiger partial charge in [-0.1, -0.05) is 23.7 Å². The Bertz CT molecular complexity index is 1060. The number of hydrogen-bond acceptors (Lipinski definition) is 5. The van der Waals surface area contributed by atoms with Crippen LogP contribution in [-0.4, -0.2) is 37.7 Å². The predicted octanol–water partition coefficient (Wildman–Crippen LogP) is 3.97. The molecule has 0 bridgehead atoms. The van der Waals surface area contributed by atoms with E-state index in [0.29, 0.717) is 15.7 Å². The van der Waals surface area contributed by atoms with Gasteiger partial charge in [0.15, 0.2) is 0 Å². The van der Waals surface area contributed by atoms with Gasteiger partial charge in [0.05, 0.1) is 4.90 Å². The molecule has 1 N–H and O–H groups in total. The number of amides is 1. The molecule has 0 aliphatic rings. The standard InChI is InChI=1S/C18H16ClN3O3S2/c1-22(2)27(24,25)15-9-7-14(8-10-15)20-17(23)16-11-26-18(21-16)12-3-5-13(19)6-4-12/h3-11H,1-2H3,(H,20,23). The molecule has 0 unspecified atom stereocenters. The summed E-state index contributed by atoms with van der Waals surface area (Å²) in [4.78, 5) is 16.9. The van der Waals surface area contributed by atoms with Crippen LogP contribution < -0.4 is 5.32 Å². The zero-order chi connectivity index (χ0) is 19.6. The number of aromatic nitrogens is 1. The number of rotatable bonds is 5. The van der Waals surface area contributed by atoms with E-state index in [1.807, 2.05) is 12.1 Å². The molecule has 1 aromatic heterocycles. The summed E-state index contributed by atoms with van der Waals surface area (Å²) < 4.78 is 25.3. The normalized spacial score (nSPS) is 11.6. The molecule has 0 aliphatic carbocycles. The quantitative estimate of drug-likeness (QED) is 0.676. The van der Waals surface area contributed by atoms with Crippen LogP contribution in [0.1, 0.15) is 10.5 Å². The van der Waals surface area contributed by atoms with Gasteiger partial charge in [-0.2, -0.15) is 0 Å². The molecule has 1 amide bonds. The number of carbonyl (C=O) groups excluding carboxylic acids is 1. The van der Waals surface area contributed by atoms with Gasteiger partial charge < -0.3 is 5.32 Å². The van der Waals surface area contributed by atoms with Gasteiger partial charge in [0.2, 0.25) is 10.0 Å². The SMILES string of the molecule is CN(C)S(=O)(=O)c1ccc(NC(=O)c2csc(-c3ccc(Cl)cc3)n2)cc1. The topological polar surface area (TPSA) is 79.4 Å². The maximum Gasteiger partial charge on any atom is 0.275 e. The summed E-state index contributed by atoms with van der Waals surface area (Å²) in [5.41, 5.74) is 1.65. The van der Waals surface area contributed by atoms with Crippen molar-refractivity contribution in [3.8, 4) is 10.6 Å². The van der Waals surface area contributed by atoms with Gasteiger partial charge in [0.1, 0.15) is 10.7 Å². The minimum Gasteiger partial charge on any atom is -0.321 e. The van der Waals surface area contributed by atoms with E-state index in [1.165, 1.54) is 37.6 Å². The molecule has 3 rings (SSSR count). The van der Waals surface area contributed by atoms with Crippen LogP contribution in [0.2, 0.25) is 5.02 Å². The molecule has 9 heteroatoms. The molecule has 0 aliphatic heterocycles. The zero-order valence-electron chi connectivity index (χ0n) is 14.5. The first-order chi connectivity index (χ1) is 12.8. The van der Waals surface area contributed by atoms with Crippen molar-refractivity contribution < 1.29 is 13.2 Å². The number of nitrogens with one attached hydrogen (secondary N) is 1. The molecule has 2 aromatic carbocycles. The lowest BCUT2D eigenvalue weighted by Crippen LogP contribution is -2.22. The van der Waals surface area contributed by atoms with Crippen molar-refractivity contribution >= 4 is 44.6 Å². The first-order valence-corrected chi connectivity index (χ1v) is 10.5. The zero-order valence-corrected chi connectivity index (χ0v) is 16.9. The summed E-state index contributed by atoms with van der Waals surface area (Å²) in [7, 11) is -0.577. The van der Waals surface area contributed by atoms with E-state index in [1.54, 1.807) is 29.6 Å². The fourth-order valence-corrected chi connectivity index (χ4v) is 4.05. The lowest BCUT2D eigenvalue weighted by Gasteiger charge is -2.11. The molecule has 0 fully saturated rings. The molecule has 1 heterocycles. The number of hydrogen-bond donors (Lipinski definition) is 1. The van der Waals surface area contributed by atoms with E-state index in [0.717, 1.165) is 9.87 Å². The molecule has 0 saturated carbocycles. The Labute approximate surface area is 166 Å². The fourth-order valence-electron chi connectivity index (χ4n) is 2.22. The Morgan fingerprint density at radius 2 is 1.70 bits per heavy atom. The van der Waals surface area contributed by atoms with E-state index >= 15 is 0 Å². The third kappa shape index (κ3) is 4.36. The number of nitrogens with zero attached hydrogens (tertiary/aromatic N) is 2. The second-order valence-electron chi connectivity index (χ2n) is 5.81. The number of thiazole rings is 1. The molecule has 3 aromatic rings. The van der Waals surface area contributed by atoms with Crippen LogP contribution in [0.5, 0.6) is 0 Å².